The van der Waals surface area contributed by atoms with Crippen molar-refractivity contribution in [2.75, 3.05) is 24.6 Å². The van der Waals surface area contributed by atoms with Gasteiger partial charge in [0.1, 0.15) is 11.7 Å². The van der Waals surface area contributed by atoms with Crippen LogP contribution in [0.5, 0.6) is 0 Å². The largest absolute Gasteiger partial charge is 0.295 e. The first kappa shape index (κ1) is 11.1. The van der Waals surface area contributed by atoms with Gasteiger partial charge >= 0.3 is 0 Å². The van der Waals surface area contributed by atoms with Crippen LogP contribution in [0.4, 0.5) is 8.78 Å². The molecular weight excluding hydrogens is 216 g/mol. The number of thioether (sulfide) groups is 1. The van der Waals surface area contributed by atoms with E-state index in [1.165, 1.54) is 6.92 Å². The first-order valence-electron chi connectivity index (χ1n) is 5.23. The van der Waals surface area contributed by atoms with Crippen LogP contribution in [0, 0.1) is 0 Å². The number of halogens is 2. The van der Waals surface area contributed by atoms with Gasteiger partial charge in [-0.3, -0.25) is 4.90 Å². The number of allylic oxidation sites excluding steroid dienone is 2. The van der Waals surface area contributed by atoms with Crippen LogP contribution in [0.3, 0.4) is 0 Å². The third-order valence-corrected chi connectivity index (χ3v) is 3.95. The SMILES string of the molecule is CC1=C(F)CC(N2CCSCC2)C=C1F. The molecular formula is C11H15F2NS. The number of hydrogen-bond acceptors (Lipinski definition) is 2. The van der Waals surface area contributed by atoms with Gasteiger partial charge in [-0.05, 0) is 13.0 Å². The molecule has 0 bridgehead atoms. The second-order valence-corrected chi connectivity index (χ2v) is 5.19. The molecule has 1 saturated heterocycles. The third-order valence-electron chi connectivity index (χ3n) is 3.01. The Hall–Kier alpha value is -0.350. The van der Waals surface area contributed by atoms with Crippen molar-refractivity contribution in [1.82, 2.24) is 4.90 Å². The summed E-state index contributed by atoms with van der Waals surface area (Å²) in [5.74, 6) is 1.45. The molecule has 0 N–H and O–H groups in total. The molecule has 84 valence electrons. The maximum Gasteiger partial charge on any atom is 0.126 e. The molecule has 1 aliphatic carbocycles. The van der Waals surface area contributed by atoms with E-state index in [1.54, 1.807) is 6.08 Å². The van der Waals surface area contributed by atoms with Gasteiger partial charge < -0.3 is 0 Å². The van der Waals surface area contributed by atoms with Crippen LogP contribution in [0.15, 0.2) is 23.3 Å². The lowest BCUT2D eigenvalue weighted by molar-refractivity contribution is 0.237. The van der Waals surface area contributed by atoms with Crippen LogP contribution in [-0.2, 0) is 0 Å². The highest BCUT2D eigenvalue weighted by Crippen LogP contribution is 2.30. The molecule has 1 atom stereocenters. The van der Waals surface area contributed by atoms with E-state index in [0.717, 1.165) is 24.6 Å². The van der Waals surface area contributed by atoms with Gasteiger partial charge in [-0.15, -0.1) is 0 Å². The van der Waals surface area contributed by atoms with E-state index < -0.39 is 0 Å². The van der Waals surface area contributed by atoms with Crippen molar-refractivity contribution in [2.24, 2.45) is 0 Å². The Bertz CT molecular complexity index is 306. The van der Waals surface area contributed by atoms with E-state index in [9.17, 15) is 8.78 Å². The zero-order chi connectivity index (χ0) is 10.8. The zero-order valence-electron chi connectivity index (χ0n) is 8.80. The van der Waals surface area contributed by atoms with Crippen molar-refractivity contribution >= 4 is 11.8 Å². The lowest BCUT2D eigenvalue weighted by Crippen LogP contribution is -2.41. The fourth-order valence-corrected chi connectivity index (χ4v) is 2.89. The van der Waals surface area contributed by atoms with Gasteiger partial charge in [-0.2, -0.15) is 11.8 Å². The summed E-state index contributed by atoms with van der Waals surface area (Å²) < 4.78 is 26.8. The number of nitrogens with zero attached hydrogens (tertiary/aromatic N) is 1. The highest BCUT2D eigenvalue weighted by atomic mass is 32.2. The molecule has 1 fully saturated rings. The van der Waals surface area contributed by atoms with Crippen LogP contribution >= 0.6 is 11.8 Å². The number of hydrogen-bond donors (Lipinski definition) is 0. The summed E-state index contributed by atoms with van der Waals surface area (Å²) in [4.78, 5) is 2.17. The van der Waals surface area contributed by atoms with Crippen LogP contribution in [0.2, 0.25) is 0 Å². The summed E-state index contributed by atoms with van der Waals surface area (Å²) in [6, 6.07) is -0.0744. The molecule has 0 saturated carbocycles. The highest BCUT2D eigenvalue weighted by molar-refractivity contribution is 7.99. The molecule has 0 aromatic carbocycles. The maximum atomic E-state index is 13.4. The fraction of sp³-hybridized carbons (Fsp3) is 0.636. The fourth-order valence-electron chi connectivity index (χ4n) is 1.96. The first-order chi connectivity index (χ1) is 7.18. The van der Waals surface area contributed by atoms with Gasteiger partial charge in [0.25, 0.3) is 0 Å². The smallest absolute Gasteiger partial charge is 0.126 e. The summed E-state index contributed by atoms with van der Waals surface area (Å²) in [5.41, 5.74) is 0.178. The molecule has 1 heterocycles. The minimum absolute atomic E-state index is 0.0744. The Kier molecular flexibility index (Phi) is 3.46. The second kappa shape index (κ2) is 4.66. The van der Waals surface area contributed by atoms with Crippen molar-refractivity contribution in [3.8, 4) is 0 Å². The van der Waals surface area contributed by atoms with Crippen LogP contribution < -0.4 is 0 Å². The summed E-state index contributed by atoms with van der Waals surface area (Å²) in [6.45, 7) is 3.38. The monoisotopic (exact) mass is 231 g/mol. The van der Waals surface area contributed by atoms with Crippen molar-refractivity contribution < 1.29 is 8.78 Å². The molecule has 1 unspecified atom stereocenters. The first-order valence-corrected chi connectivity index (χ1v) is 6.38. The van der Waals surface area contributed by atoms with E-state index in [0.29, 0.717) is 6.42 Å². The van der Waals surface area contributed by atoms with Crippen LogP contribution in [0.1, 0.15) is 13.3 Å². The summed E-state index contributed by atoms with van der Waals surface area (Å²) in [5, 5.41) is 0. The second-order valence-electron chi connectivity index (χ2n) is 3.96. The van der Waals surface area contributed by atoms with Crippen molar-refractivity contribution in [1.29, 1.82) is 0 Å². The molecule has 4 heteroatoms. The minimum Gasteiger partial charge on any atom is -0.295 e. The standard InChI is InChI=1S/C11H15F2NS/c1-8-10(12)6-9(7-11(8)13)14-2-4-15-5-3-14/h6,9H,2-5,7H2,1H3. The molecule has 0 amide bonds. The predicted molar refractivity (Wildman–Crippen MR) is 60.3 cm³/mol. The minimum atomic E-state index is -0.387. The van der Waals surface area contributed by atoms with Gasteiger partial charge in [0.15, 0.2) is 0 Å². The Morgan fingerprint density at radius 2 is 2.00 bits per heavy atom. The normalized spacial score (nSPS) is 29.3. The van der Waals surface area contributed by atoms with Crippen molar-refractivity contribution in [2.45, 2.75) is 19.4 Å². The molecule has 2 rings (SSSR count). The molecule has 0 radical (unpaired) electrons. The van der Waals surface area contributed by atoms with E-state index in [4.69, 9.17) is 0 Å². The molecule has 0 aromatic heterocycles. The maximum absolute atomic E-state index is 13.4. The third kappa shape index (κ3) is 2.42. The lowest BCUT2D eigenvalue weighted by atomic mass is 10.0. The lowest BCUT2D eigenvalue weighted by Gasteiger charge is -2.33. The topological polar surface area (TPSA) is 3.24 Å². The van der Waals surface area contributed by atoms with E-state index in [-0.39, 0.29) is 23.3 Å². The van der Waals surface area contributed by atoms with E-state index in [1.807, 2.05) is 11.8 Å². The van der Waals surface area contributed by atoms with Crippen molar-refractivity contribution in [3.05, 3.63) is 23.3 Å². The van der Waals surface area contributed by atoms with Gasteiger partial charge in [0.05, 0.1) is 0 Å². The molecule has 1 aliphatic heterocycles. The van der Waals surface area contributed by atoms with E-state index in [2.05, 4.69) is 4.90 Å². The summed E-state index contributed by atoms with van der Waals surface area (Å²) in [6.07, 6.45) is 1.90. The van der Waals surface area contributed by atoms with Gasteiger partial charge in [-0.25, -0.2) is 8.78 Å². The Morgan fingerprint density at radius 3 is 2.60 bits per heavy atom. The van der Waals surface area contributed by atoms with E-state index >= 15 is 0 Å². The Morgan fingerprint density at radius 1 is 1.33 bits per heavy atom. The predicted octanol–water partition coefficient (Wildman–Crippen LogP) is 2.90. The molecule has 0 aromatic rings. The molecule has 0 spiro atoms. The average Bonchev–Trinajstić information content (AvgIpc) is 2.26. The zero-order valence-corrected chi connectivity index (χ0v) is 9.62. The average molecular weight is 231 g/mol. The molecule has 2 aliphatic rings. The van der Waals surface area contributed by atoms with Gasteiger partial charge in [0.2, 0.25) is 0 Å². The molecule has 1 nitrogen and oxygen atoms in total. The Balaban J connectivity index is 2.07. The van der Waals surface area contributed by atoms with Gasteiger partial charge in [0, 0.05) is 42.6 Å². The quantitative estimate of drug-likeness (QED) is 0.682. The van der Waals surface area contributed by atoms with Crippen LogP contribution in [-0.4, -0.2) is 35.5 Å². The van der Waals surface area contributed by atoms with Crippen LogP contribution in [0.25, 0.3) is 0 Å². The number of rotatable bonds is 1. The summed E-state index contributed by atoms with van der Waals surface area (Å²) in [7, 11) is 0. The Labute approximate surface area is 93.2 Å². The highest BCUT2D eigenvalue weighted by Gasteiger charge is 2.25. The summed E-state index contributed by atoms with van der Waals surface area (Å²) >= 11 is 1.90. The molecule has 15 heavy (non-hydrogen) atoms. The van der Waals surface area contributed by atoms with Gasteiger partial charge in [-0.1, -0.05) is 0 Å². The van der Waals surface area contributed by atoms with Crippen molar-refractivity contribution in [3.63, 3.8) is 0 Å².